The van der Waals surface area contributed by atoms with Gasteiger partial charge in [0.05, 0.1) is 0 Å². The number of nitrogens with zero attached hydrogens (tertiary/aromatic N) is 1. The summed E-state index contributed by atoms with van der Waals surface area (Å²) in [6.07, 6.45) is -5.00. The summed E-state index contributed by atoms with van der Waals surface area (Å²) < 4.78 is 35.8. The second-order valence-electron chi connectivity index (χ2n) is 2.56. The molecule has 0 aromatic heterocycles. The number of alkyl halides is 3. The van der Waals surface area contributed by atoms with Crippen molar-refractivity contribution in [2.24, 2.45) is 0 Å². The van der Waals surface area contributed by atoms with E-state index in [-0.39, 0.29) is 12.3 Å². The maximum Gasteiger partial charge on any atom is 0.471 e. The van der Waals surface area contributed by atoms with Crippen LogP contribution in [0.15, 0.2) is 0 Å². The van der Waals surface area contributed by atoms with E-state index in [1.807, 2.05) is 0 Å². The number of thioether (sulfide) groups is 1. The number of amides is 1. The van der Waals surface area contributed by atoms with Gasteiger partial charge in [-0.1, -0.05) is 0 Å². The van der Waals surface area contributed by atoms with Crippen molar-refractivity contribution in [1.82, 2.24) is 4.90 Å². The lowest BCUT2D eigenvalue weighted by atomic mass is 10.4. The first-order chi connectivity index (χ1) is 6.34. The van der Waals surface area contributed by atoms with Crippen LogP contribution in [0.4, 0.5) is 13.2 Å². The Labute approximate surface area is 81.1 Å². The summed E-state index contributed by atoms with van der Waals surface area (Å²) in [7, 11) is 0. The normalized spacial score (nSPS) is 22.5. The predicted octanol–water partition coefficient (Wildman–Crippen LogP) is 0.535. The fourth-order valence-corrected chi connectivity index (χ4v) is 2.09. The fraction of sp³-hybridized carbons (Fsp3) is 0.667. The Hall–Kier alpha value is -0.920. The van der Waals surface area contributed by atoms with Crippen molar-refractivity contribution in [2.75, 3.05) is 12.3 Å². The van der Waals surface area contributed by atoms with Crippen LogP contribution in [0, 0.1) is 0 Å². The Bertz CT molecular complexity index is 268. The summed E-state index contributed by atoms with van der Waals surface area (Å²) in [6, 6.07) is 0. The standard InChI is InChI=1S/C6H6F3NO3S/c7-6(8,9)5(13)10-1-2-14-3(10)4(11)12/h3H,1-2H2,(H,11,12). The van der Waals surface area contributed by atoms with Crippen LogP contribution in [-0.4, -0.2) is 45.7 Å². The van der Waals surface area contributed by atoms with Crippen LogP contribution in [-0.2, 0) is 9.59 Å². The maximum absolute atomic E-state index is 11.9. The third-order valence-corrected chi connectivity index (χ3v) is 2.80. The minimum absolute atomic E-state index is 0.181. The topological polar surface area (TPSA) is 57.6 Å². The number of carboxylic acids is 1. The van der Waals surface area contributed by atoms with Crippen molar-refractivity contribution in [1.29, 1.82) is 0 Å². The van der Waals surface area contributed by atoms with E-state index < -0.39 is 23.4 Å². The van der Waals surface area contributed by atoms with Gasteiger partial charge in [-0.25, -0.2) is 4.79 Å². The highest BCUT2D eigenvalue weighted by Gasteiger charge is 2.48. The van der Waals surface area contributed by atoms with Gasteiger partial charge in [-0.05, 0) is 0 Å². The summed E-state index contributed by atoms with van der Waals surface area (Å²) >= 11 is 0.809. The first kappa shape index (κ1) is 11.2. The number of rotatable bonds is 1. The van der Waals surface area contributed by atoms with Crippen molar-refractivity contribution in [3.8, 4) is 0 Å². The lowest BCUT2D eigenvalue weighted by molar-refractivity contribution is -0.186. The van der Waals surface area contributed by atoms with Crippen molar-refractivity contribution < 1.29 is 27.9 Å². The highest BCUT2D eigenvalue weighted by Crippen LogP contribution is 2.28. The molecule has 0 spiro atoms. The molecular formula is C6H6F3NO3S. The molecule has 1 N–H and O–H groups in total. The molecule has 1 amide bonds. The van der Waals surface area contributed by atoms with E-state index in [1.54, 1.807) is 0 Å². The average molecular weight is 229 g/mol. The van der Waals surface area contributed by atoms with Crippen LogP contribution >= 0.6 is 11.8 Å². The number of hydrogen-bond acceptors (Lipinski definition) is 3. The molecule has 1 aliphatic rings. The lowest BCUT2D eigenvalue weighted by Gasteiger charge is -2.21. The Morgan fingerprint density at radius 1 is 1.43 bits per heavy atom. The van der Waals surface area contributed by atoms with Gasteiger partial charge in [0.2, 0.25) is 0 Å². The van der Waals surface area contributed by atoms with Gasteiger partial charge in [0.1, 0.15) is 0 Å². The van der Waals surface area contributed by atoms with Gasteiger partial charge in [0, 0.05) is 12.3 Å². The molecule has 0 bridgehead atoms. The van der Waals surface area contributed by atoms with Crippen molar-refractivity contribution in [3.05, 3.63) is 0 Å². The molecule has 1 unspecified atom stereocenters. The van der Waals surface area contributed by atoms with Gasteiger partial charge < -0.3 is 10.0 Å². The zero-order valence-corrected chi connectivity index (χ0v) is 7.56. The van der Waals surface area contributed by atoms with E-state index in [0.717, 1.165) is 11.8 Å². The molecule has 80 valence electrons. The highest BCUT2D eigenvalue weighted by molar-refractivity contribution is 8.00. The molecule has 0 aromatic rings. The molecule has 1 aliphatic heterocycles. The Morgan fingerprint density at radius 2 is 2.00 bits per heavy atom. The van der Waals surface area contributed by atoms with E-state index in [2.05, 4.69) is 0 Å². The van der Waals surface area contributed by atoms with E-state index in [0.29, 0.717) is 4.90 Å². The molecule has 4 nitrogen and oxygen atoms in total. The molecule has 0 radical (unpaired) electrons. The SMILES string of the molecule is O=C(O)C1SCCN1C(=O)C(F)(F)F. The number of halogens is 3. The largest absolute Gasteiger partial charge is 0.479 e. The molecule has 1 saturated heterocycles. The first-order valence-electron chi connectivity index (χ1n) is 3.56. The molecule has 0 aromatic carbocycles. The minimum Gasteiger partial charge on any atom is -0.479 e. The van der Waals surface area contributed by atoms with Crippen LogP contribution in [0.3, 0.4) is 0 Å². The minimum atomic E-state index is -5.00. The zero-order valence-electron chi connectivity index (χ0n) is 6.74. The molecule has 1 heterocycles. The molecule has 0 aliphatic carbocycles. The Morgan fingerprint density at radius 3 is 2.43 bits per heavy atom. The van der Waals surface area contributed by atoms with Crippen LogP contribution in [0.5, 0.6) is 0 Å². The van der Waals surface area contributed by atoms with Crippen molar-refractivity contribution >= 4 is 23.6 Å². The molecule has 1 rings (SSSR count). The average Bonchev–Trinajstić information content (AvgIpc) is 2.48. The van der Waals surface area contributed by atoms with E-state index in [9.17, 15) is 22.8 Å². The summed E-state index contributed by atoms with van der Waals surface area (Å²) in [6.45, 7) is -0.181. The third-order valence-electron chi connectivity index (χ3n) is 1.61. The van der Waals surface area contributed by atoms with E-state index >= 15 is 0 Å². The predicted molar refractivity (Wildman–Crippen MR) is 41.6 cm³/mol. The first-order valence-corrected chi connectivity index (χ1v) is 4.61. The molecule has 1 atom stereocenters. The molecule has 14 heavy (non-hydrogen) atoms. The van der Waals surface area contributed by atoms with Gasteiger partial charge in [-0.15, -0.1) is 11.8 Å². The monoisotopic (exact) mass is 229 g/mol. The van der Waals surface area contributed by atoms with Gasteiger partial charge >= 0.3 is 18.1 Å². The summed E-state index contributed by atoms with van der Waals surface area (Å²) in [5.41, 5.74) is 0. The molecule has 1 fully saturated rings. The van der Waals surface area contributed by atoms with Gasteiger partial charge in [-0.2, -0.15) is 13.2 Å². The summed E-state index contributed by atoms with van der Waals surface area (Å²) in [5.74, 6) is -3.31. The number of aliphatic carboxylic acids is 1. The van der Waals surface area contributed by atoms with E-state index in [1.165, 1.54) is 0 Å². The quantitative estimate of drug-likeness (QED) is 0.712. The van der Waals surface area contributed by atoms with Gasteiger partial charge in [0.15, 0.2) is 5.37 Å². The second-order valence-corrected chi connectivity index (χ2v) is 3.75. The third kappa shape index (κ3) is 2.11. The fourth-order valence-electron chi connectivity index (χ4n) is 1.05. The zero-order chi connectivity index (χ0) is 10.9. The Balaban J connectivity index is 2.77. The summed E-state index contributed by atoms with van der Waals surface area (Å²) in [4.78, 5) is 21.5. The smallest absolute Gasteiger partial charge is 0.471 e. The number of carbonyl (C=O) groups is 2. The number of carboxylic acid groups (broad SMARTS) is 1. The number of hydrogen-bond donors (Lipinski definition) is 1. The van der Waals surface area contributed by atoms with Crippen molar-refractivity contribution in [2.45, 2.75) is 11.6 Å². The van der Waals surface area contributed by atoms with Crippen LogP contribution in [0.25, 0.3) is 0 Å². The van der Waals surface area contributed by atoms with Crippen LogP contribution < -0.4 is 0 Å². The second kappa shape index (κ2) is 3.68. The number of carbonyl (C=O) groups excluding carboxylic acids is 1. The van der Waals surface area contributed by atoms with E-state index in [4.69, 9.17) is 5.11 Å². The molecular weight excluding hydrogens is 223 g/mol. The maximum atomic E-state index is 11.9. The summed E-state index contributed by atoms with van der Waals surface area (Å²) in [5, 5.41) is 7.10. The van der Waals surface area contributed by atoms with Crippen LogP contribution in [0.2, 0.25) is 0 Å². The highest BCUT2D eigenvalue weighted by atomic mass is 32.2. The molecule has 8 heteroatoms. The Kier molecular flexibility index (Phi) is 2.93. The van der Waals surface area contributed by atoms with Crippen LogP contribution in [0.1, 0.15) is 0 Å². The molecule has 0 saturated carbocycles. The van der Waals surface area contributed by atoms with Gasteiger partial charge in [0.25, 0.3) is 0 Å². The van der Waals surface area contributed by atoms with Gasteiger partial charge in [-0.3, -0.25) is 4.79 Å². The lowest BCUT2D eigenvalue weighted by Crippen LogP contribution is -2.46. The van der Waals surface area contributed by atoms with Crippen molar-refractivity contribution in [3.63, 3.8) is 0 Å².